The summed E-state index contributed by atoms with van der Waals surface area (Å²) in [5, 5.41) is 3.05. The number of likely N-dealkylation sites (N-methyl/N-ethyl adjacent to an activating group) is 1. The van der Waals surface area contributed by atoms with Crippen LogP contribution < -0.4 is 10.0 Å². The minimum absolute atomic E-state index is 0.0301. The fraction of sp³-hybridized carbons (Fsp3) is 0.538. The molecular formula is C13H19F3N2O2S. The van der Waals surface area contributed by atoms with Crippen molar-refractivity contribution < 1.29 is 21.6 Å². The molecule has 1 atom stereocenters. The van der Waals surface area contributed by atoms with E-state index in [0.717, 1.165) is 6.54 Å². The zero-order valence-corrected chi connectivity index (χ0v) is 12.7. The third kappa shape index (κ3) is 6.45. The molecule has 0 radical (unpaired) electrons. The lowest BCUT2D eigenvalue weighted by Gasteiger charge is -2.14. The quantitative estimate of drug-likeness (QED) is 0.807. The first-order valence-corrected chi connectivity index (χ1v) is 8.01. The van der Waals surface area contributed by atoms with Crippen molar-refractivity contribution in [3.8, 4) is 0 Å². The first kappa shape index (κ1) is 17.9. The summed E-state index contributed by atoms with van der Waals surface area (Å²) in [6, 6.07) is 4.68. The van der Waals surface area contributed by atoms with Crippen molar-refractivity contribution >= 4 is 10.0 Å². The molecule has 120 valence electrons. The molecule has 0 fully saturated rings. The fourth-order valence-corrected chi connectivity index (χ4v) is 2.89. The predicted molar refractivity (Wildman–Crippen MR) is 74.5 cm³/mol. The number of hydrogen-bond donors (Lipinski definition) is 2. The van der Waals surface area contributed by atoms with Crippen LogP contribution in [0.3, 0.4) is 0 Å². The minimum Gasteiger partial charge on any atom is -0.313 e. The Morgan fingerprint density at radius 2 is 1.76 bits per heavy atom. The Morgan fingerprint density at radius 1 is 1.19 bits per heavy atom. The van der Waals surface area contributed by atoms with Crippen LogP contribution in [-0.4, -0.2) is 33.7 Å². The number of benzene rings is 1. The standard InChI is InChI=1S/C13H19F3N2O2S/c1-3-17-10(2)9-18-21(19,20)12-6-4-11(5-7-12)8-13(14,15)16/h4-7,10,17-18H,3,8-9H2,1-2H3/t10-/m1/s1. The maximum Gasteiger partial charge on any atom is 0.393 e. The molecule has 1 rings (SSSR count). The zero-order valence-electron chi connectivity index (χ0n) is 11.9. The van der Waals surface area contributed by atoms with Gasteiger partial charge in [0.05, 0.1) is 11.3 Å². The van der Waals surface area contributed by atoms with Crippen molar-refractivity contribution in [2.24, 2.45) is 0 Å². The molecule has 0 saturated heterocycles. The van der Waals surface area contributed by atoms with Crippen LogP contribution >= 0.6 is 0 Å². The monoisotopic (exact) mass is 324 g/mol. The molecule has 8 heteroatoms. The molecule has 2 N–H and O–H groups in total. The van der Waals surface area contributed by atoms with E-state index in [0.29, 0.717) is 0 Å². The second-order valence-corrected chi connectivity index (χ2v) is 6.51. The number of halogens is 3. The third-order valence-corrected chi connectivity index (χ3v) is 4.21. The van der Waals surface area contributed by atoms with Crippen molar-refractivity contribution in [3.05, 3.63) is 29.8 Å². The molecule has 0 aromatic heterocycles. The SMILES string of the molecule is CCN[C@H](C)CNS(=O)(=O)c1ccc(CC(F)(F)F)cc1. The summed E-state index contributed by atoms with van der Waals surface area (Å²) in [7, 11) is -3.71. The normalized spacial score (nSPS) is 14.1. The highest BCUT2D eigenvalue weighted by Crippen LogP contribution is 2.22. The number of sulfonamides is 1. The summed E-state index contributed by atoms with van der Waals surface area (Å²) in [4.78, 5) is -0.0443. The van der Waals surface area contributed by atoms with Gasteiger partial charge in [-0.2, -0.15) is 13.2 Å². The van der Waals surface area contributed by atoms with Gasteiger partial charge in [0.2, 0.25) is 10.0 Å². The lowest BCUT2D eigenvalue weighted by molar-refractivity contribution is -0.127. The molecule has 1 aromatic rings. The van der Waals surface area contributed by atoms with Gasteiger partial charge in [0, 0.05) is 12.6 Å². The van der Waals surface area contributed by atoms with Gasteiger partial charge in [0.25, 0.3) is 0 Å². The van der Waals surface area contributed by atoms with E-state index in [2.05, 4.69) is 10.0 Å². The summed E-state index contributed by atoms with van der Waals surface area (Å²) in [5.74, 6) is 0. The highest BCUT2D eigenvalue weighted by atomic mass is 32.2. The van der Waals surface area contributed by atoms with Crippen LogP contribution in [0.25, 0.3) is 0 Å². The summed E-state index contributed by atoms with van der Waals surface area (Å²) in [5.41, 5.74) is 0.0301. The Kier molecular flexibility index (Phi) is 6.18. The first-order valence-electron chi connectivity index (χ1n) is 6.53. The number of alkyl halides is 3. The van der Waals surface area contributed by atoms with Gasteiger partial charge in [-0.05, 0) is 31.2 Å². The van der Waals surface area contributed by atoms with Crippen LogP contribution in [-0.2, 0) is 16.4 Å². The van der Waals surface area contributed by atoms with Crippen LogP contribution in [0, 0.1) is 0 Å². The van der Waals surface area contributed by atoms with E-state index in [1.807, 2.05) is 13.8 Å². The van der Waals surface area contributed by atoms with Crippen LogP contribution in [0.1, 0.15) is 19.4 Å². The average Bonchev–Trinajstić information content (AvgIpc) is 2.36. The van der Waals surface area contributed by atoms with E-state index in [1.54, 1.807) is 0 Å². The van der Waals surface area contributed by atoms with E-state index in [1.165, 1.54) is 24.3 Å². The summed E-state index contributed by atoms with van der Waals surface area (Å²) in [6.07, 6.45) is -5.38. The molecule has 1 aromatic carbocycles. The Balaban J connectivity index is 2.71. The van der Waals surface area contributed by atoms with Gasteiger partial charge in [-0.25, -0.2) is 13.1 Å². The summed E-state index contributed by atoms with van der Waals surface area (Å²) < 4.78 is 63.0. The van der Waals surface area contributed by atoms with Gasteiger partial charge in [0.1, 0.15) is 0 Å². The van der Waals surface area contributed by atoms with E-state index >= 15 is 0 Å². The van der Waals surface area contributed by atoms with E-state index in [9.17, 15) is 21.6 Å². The summed E-state index contributed by atoms with van der Waals surface area (Å²) in [6.45, 7) is 4.67. The van der Waals surface area contributed by atoms with Crippen LogP contribution in [0.2, 0.25) is 0 Å². The second kappa shape index (κ2) is 7.24. The van der Waals surface area contributed by atoms with Gasteiger partial charge in [-0.15, -0.1) is 0 Å². The third-order valence-electron chi connectivity index (χ3n) is 2.77. The first-order chi connectivity index (χ1) is 9.64. The lowest BCUT2D eigenvalue weighted by atomic mass is 10.1. The molecule has 0 aliphatic heterocycles. The fourth-order valence-electron chi connectivity index (χ4n) is 1.76. The van der Waals surface area contributed by atoms with Crippen LogP contribution in [0.4, 0.5) is 13.2 Å². The lowest BCUT2D eigenvalue weighted by Crippen LogP contribution is -2.38. The van der Waals surface area contributed by atoms with Crippen molar-refractivity contribution in [1.82, 2.24) is 10.0 Å². The smallest absolute Gasteiger partial charge is 0.313 e. The highest BCUT2D eigenvalue weighted by Gasteiger charge is 2.27. The number of nitrogens with one attached hydrogen (secondary N) is 2. The molecular weight excluding hydrogens is 305 g/mol. The Bertz CT molecular complexity index is 542. The predicted octanol–water partition coefficient (Wildman–Crippen LogP) is 2.07. The van der Waals surface area contributed by atoms with Crippen LogP contribution in [0.15, 0.2) is 29.2 Å². The Morgan fingerprint density at radius 3 is 2.24 bits per heavy atom. The van der Waals surface area contributed by atoms with Gasteiger partial charge in [0.15, 0.2) is 0 Å². The zero-order chi connectivity index (χ0) is 16.1. The Labute approximate surface area is 122 Å². The van der Waals surface area contributed by atoms with Gasteiger partial charge in [-0.1, -0.05) is 19.1 Å². The molecule has 0 saturated carbocycles. The van der Waals surface area contributed by atoms with Crippen molar-refractivity contribution in [3.63, 3.8) is 0 Å². The molecule has 0 aliphatic carbocycles. The molecule has 21 heavy (non-hydrogen) atoms. The molecule has 0 bridgehead atoms. The molecule has 4 nitrogen and oxygen atoms in total. The molecule has 0 unspecified atom stereocenters. The van der Waals surface area contributed by atoms with E-state index in [-0.39, 0.29) is 23.0 Å². The molecule has 0 amide bonds. The van der Waals surface area contributed by atoms with Crippen molar-refractivity contribution in [1.29, 1.82) is 0 Å². The van der Waals surface area contributed by atoms with Gasteiger partial charge >= 0.3 is 6.18 Å². The van der Waals surface area contributed by atoms with Crippen molar-refractivity contribution in [2.75, 3.05) is 13.1 Å². The second-order valence-electron chi connectivity index (χ2n) is 4.75. The topological polar surface area (TPSA) is 58.2 Å². The van der Waals surface area contributed by atoms with Crippen LogP contribution in [0.5, 0.6) is 0 Å². The average molecular weight is 324 g/mol. The van der Waals surface area contributed by atoms with E-state index in [4.69, 9.17) is 0 Å². The number of hydrogen-bond acceptors (Lipinski definition) is 3. The minimum atomic E-state index is -4.31. The maximum atomic E-state index is 12.2. The molecule has 0 spiro atoms. The van der Waals surface area contributed by atoms with Gasteiger partial charge < -0.3 is 5.32 Å². The number of rotatable bonds is 7. The molecule has 0 heterocycles. The largest absolute Gasteiger partial charge is 0.393 e. The molecule has 0 aliphatic rings. The highest BCUT2D eigenvalue weighted by molar-refractivity contribution is 7.89. The van der Waals surface area contributed by atoms with E-state index < -0.39 is 22.6 Å². The van der Waals surface area contributed by atoms with Crippen molar-refractivity contribution in [2.45, 2.75) is 37.4 Å². The summed E-state index contributed by atoms with van der Waals surface area (Å²) >= 11 is 0. The maximum absolute atomic E-state index is 12.2. The van der Waals surface area contributed by atoms with Gasteiger partial charge in [-0.3, -0.25) is 0 Å². The Hall–Kier alpha value is -1.12.